The highest BCUT2D eigenvalue weighted by molar-refractivity contribution is 14.1. The van der Waals surface area contributed by atoms with Crippen molar-refractivity contribution in [1.82, 2.24) is 0 Å². The Labute approximate surface area is 137 Å². The number of hydrogen-bond donors (Lipinski definition) is 0. The summed E-state index contributed by atoms with van der Waals surface area (Å²) in [5, 5.41) is 0.604. The summed E-state index contributed by atoms with van der Waals surface area (Å²) in [7, 11) is 0. The Hall–Kier alpha value is 0.710. The van der Waals surface area contributed by atoms with E-state index >= 15 is 0 Å². The van der Waals surface area contributed by atoms with Crippen molar-refractivity contribution >= 4 is 73.1 Å². The number of thiophene rings is 1. The molecule has 0 amide bonds. The van der Waals surface area contributed by atoms with E-state index in [-0.39, 0.29) is 5.38 Å². The first-order chi connectivity index (χ1) is 7.99. The third-order valence-corrected chi connectivity index (χ3v) is 6.06. The number of alkyl halides is 1. The van der Waals surface area contributed by atoms with Crippen LogP contribution >= 0.6 is 73.1 Å². The maximum absolute atomic E-state index is 6.50. The third-order valence-electron chi connectivity index (χ3n) is 2.44. The molecule has 2 rings (SSSR count). The van der Waals surface area contributed by atoms with E-state index in [1.807, 2.05) is 18.2 Å². The lowest BCUT2D eigenvalue weighted by Gasteiger charge is -2.10. The van der Waals surface area contributed by atoms with Crippen molar-refractivity contribution < 1.29 is 0 Å². The highest BCUT2D eigenvalue weighted by Crippen LogP contribution is 2.38. The van der Waals surface area contributed by atoms with E-state index in [0.29, 0.717) is 0 Å². The molecule has 5 heteroatoms. The Morgan fingerprint density at radius 3 is 2.59 bits per heavy atom. The summed E-state index contributed by atoms with van der Waals surface area (Å²) in [4.78, 5) is 1.23. The lowest BCUT2D eigenvalue weighted by Crippen LogP contribution is -1.93. The third kappa shape index (κ3) is 3.18. The Balaban J connectivity index is 2.40. The fourth-order valence-electron chi connectivity index (χ4n) is 1.56. The van der Waals surface area contributed by atoms with E-state index in [9.17, 15) is 0 Å². The van der Waals surface area contributed by atoms with E-state index in [0.717, 1.165) is 23.5 Å². The molecular weight excluding hydrogens is 454 g/mol. The van der Waals surface area contributed by atoms with E-state index in [2.05, 4.69) is 51.5 Å². The van der Waals surface area contributed by atoms with Crippen molar-refractivity contribution in [3.8, 4) is 0 Å². The molecule has 1 atom stereocenters. The molecule has 0 aliphatic rings. The quantitative estimate of drug-likeness (QED) is 0.358. The molecule has 0 saturated heterocycles. The van der Waals surface area contributed by atoms with Crippen LogP contribution in [0.2, 0.25) is 5.02 Å². The second-order valence-electron chi connectivity index (χ2n) is 3.60. The second kappa shape index (κ2) is 5.78. The number of halogens is 4. The van der Waals surface area contributed by atoms with Crippen molar-refractivity contribution in [3.63, 3.8) is 0 Å². The predicted octanol–water partition coefficient (Wildman–Crippen LogP) is 6.41. The van der Waals surface area contributed by atoms with Crippen molar-refractivity contribution in [2.24, 2.45) is 0 Å². The van der Waals surface area contributed by atoms with Gasteiger partial charge >= 0.3 is 0 Å². The summed E-state index contributed by atoms with van der Waals surface area (Å²) in [6.45, 7) is 2.08. The molecule has 0 radical (unpaired) electrons. The fourth-order valence-corrected chi connectivity index (χ4v) is 4.26. The van der Waals surface area contributed by atoms with Crippen molar-refractivity contribution in [3.05, 3.63) is 52.6 Å². The highest BCUT2D eigenvalue weighted by Gasteiger charge is 2.16. The van der Waals surface area contributed by atoms with E-state index in [4.69, 9.17) is 23.2 Å². The van der Waals surface area contributed by atoms with Gasteiger partial charge in [0.15, 0.2) is 0 Å². The monoisotopic (exact) mass is 460 g/mol. The van der Waals surface area contributed by atoms with Crippen LogP contribution in [0.3, 0.4) is 0 Å². The topological polar surface area (TPSA) is 0 Å². The van der Waals surface area contributed by atoms with Gasteiger partial charge in [0.05, 0.1) is 14.2 Å². The normalized spacial score (nSPS) is 12.8. The molecule has 1 unspecified atom stereocenters. The Morgan fingerprint density at radius 1 is 1.35 bits per heavy atom. The van der Waals surface area contributed by atoms with Crippen LogP contribution in [0.15, 0.2) is 28.1 Å². The maximum Gasteiger partial charge on any atom is 0.0846 e. The molecule has 0 aliphatic carbocycles. The zero-order chi connectivity index (χ0) is 12.6. The van der Waals surface area contributed by atoms with Crippen LogP contribution in [0.1, 0.15) is 21.4 Å². The molecule has 1 heterocycles. The zero-order valence-corrected chi connectivity index (χ0v) is 14.9. The summed E-state index contributed by atoms with van der Waals surface area (Å²) in [6, 6.07) is 8.02. The van der Waals surface area contributed by atoms with Gasteiger partial charge in [0.1, 0.15) is 0 Å². The number of hydrogen-bond acceptors (Lipinski definition) is 1. The van der Waals surface area contributed by atoms with Crippen LogP contribution in [0.4, 0.5) is 0 Å². The molecule has 0 saturated carbocycles. The van der Waals surface area contributed by atoms with Crippen molar-refractivity contribution in [2.45, 2.75) is 12.3 Å². The first kappa shape index (κ1) is 14.1. The van der Waals surface area contributed by atoms with Crippen molar-refractivity contribution in [1.29, 1.82) is 0 Å². The van der Waals surface area contributed by atoms with Crippen LogP contribution in [0.5, 0.6) is 0 Å². The molecule has 0 spiro atoms. The zero-order valence-electron chi connectivity index (χ0n) is 8.81. The lowest BCUT2D eigenvalue weighted by molar-refractivity contribution is 1.13. The van der Waals surface area contributed by atoms with Crippen LogP contribution < -0.4 is 0 Å². The second-order valence-corrected chi connectivity index (χ2v) is 8.24. The van der Waals surface area contributed by atoms with Gasteiger partial charge in [-0.25, -0.2) is 0 Å². The van der Waals surface area contributed by atoms with E-state index in [1.54, 1.807) is 11.3 Å². The number of rotatable bonds is 2. The molecule has 90 valence electrons. The van der Waals surface area contributed by atoms with Gasteiger partial charge in [0.25, 0.3) is 0 Å². The van der Waals surface area contributed by atoms with Gasteiger partial charge in [0.2, 0.25) is 0 Å². The molecule has 0 bridgehead atoms. The van der Waals surface area contributed by atoms with Gasteiger partial charge in [-0.1, -0.05) is 17.7 Å². The van der Waals surface area contributed by atoms with Crippen LogP contribution in [0, 0.1) is 10.5 Å². The van der Waals surface area contributed by atoms with Crippen molar-refractivity contribution in [2.75, 3.05) is 0 Å². The predicted molar refractivity (Wildman–Crippen MR) is 88.6 cm³/mol. The van der Waals surface area contributed by atoms with Gasteiger partial charge in [-0.2, -0.15) is 0 Å². The summed E-state index contributed by atoms with van der Waals surface area (Å²) in [6.07, 6.45) is 0. The SMILES string of the molecule is Cc1sc(Br)cc1C(Cl)c1ccc(I)c(Cl)c1. The van der Waals surface area contributed by atoms with Gasteiger partial charge in [-0.05, 0) is 74.8 Å². The average Bonchev–Trinajstić information content (AvgIpc) is 2.61. The summed E-state index contributed by atoms with van der Waals surface area (Å²) in [5.41, 5.74) is 2.17. The van der Waals surface area contributed by atoms with Gasteiger partial charge in [-0.15, -0.1) is 22.9 Å². The summed E-state index contributed by atoms with van der Waals surface area (Å²) in [5.74, 6) is 0. The minimum absolute atomic E-state index is 0.146. The molecular formula is C12H8BrCl2IS. The Bertz CT molecular complexity index is 553. The fraction of sp³-hybridized carbons (Fsp3) is 0.167. The molecule has 0 N–H and O–H groups in total. The van der Waals surface area contributed by atoms with Crippen LogP contribution in [-0.4, -0.2) is 0 Å². The smallest absolute Gasteiger partial charge is 0.0846 e. The largest absolute Gasteiger partial charge is 0.133 e. The van der Waals surface area contributed by atoms with Gasteiger partial charge in [0, 0.05) is 8.45 Å². The molecule has 17 heavy (non-hydrogen) atoms. The molecule has 2 aromatic rings. The standard InChI is InChI=1S/C12H8BrCl2IS/c1-6-8(5-11(13)17-6)12(15)7-2-3-10(16)9(14)4-7/h2-5,12H,1H3. The van der Waals surface area contributed by atoms with Gasteiger partial charge in [-0.3, -0.25) is 0 Å². The van der Waals surface area contributed by atoms with Crippen LogP contribution in [0.25, 0.3) is 0 Å². The Kier molecular flexibility index (Phi) is 4.80. The van der Waals surface area contributed by atoms with Crippen LogP contribution in [-0.2, 0) is 0 Å². The van der Waals surface area contributed by atoms with Gasteiger partial charge < -0.3 is 0 Å². The maximum atomic E-state index is 6.50. The molecule has 0 nitrogen and oxygen atoms in total. The Morgan fingerprint density at radius 2 is 2.06 bits per heavy atom. The minimum atomic E-state index is -0.146. The van der Waals surface area contributed by atoms with E-state index in [1.165, 1.54) is 4.88 Å². The number of benzene rings is 1. The summed E-state index contributed by atoms with van der Waals surface area (Å²) < 4.78 is 2.15. The average molecular weight is 462 g/mol. The first-order valence-electron chi connectivity index (χ1n) is 4.84. The summed E-state index contributed by atoms with van der Waals surface area (Å²) >= 11 is 20.0. The minimum Gasteiger partial charge on any atom is -0.133 e. The number of aryl methyl sites for hydroxylation is 1. The molecule has 1 aromatic heterocycles. The molecule has 0 fully saturated rings. The highest BCUT2D eigenvalue weighted by atomic mass is 127. The first-order valence-corrected chi connectivity index (χ1v) is 8.34. The van der Waals surface area contributed by atoms with E-state index < -0.39 is 0 Å². The molecule has 1 aromatic carbocycles. The lowest BCUT2D eigenvalue weighted by atomic mass is 10.1. The molecule has 0 aliphatic heterocycles.